The van der Waals surface area contributed by atoms with E-state index in [2.05, 4.69) is 10.6 Å². The van der Waals surface area contributed by atoms with Crippen molar-refractivity contribution in [2.75, 3.05) is 29.0 Å². The van der Waals surface area contributed by atoms with Crippen molar-refractivity contribution >= 4 is 33.2 Å². The molecule has 2 N–H and O–H groups in total. The van der Waals surface area contributed by atoms with Crippen molar-refractivity contribution in [3.05, 3.63) is 90.0 Å². The predicted molar refractivity (Wildman–Crippen MR) is 132 cm³/mol. The first-order valence-electron chi connectivity index (χ1n) is 10.7. The van der Waals surface area contributed by atoms with Crippen molar-refractivity contribution in [1.29, 1.82) is 0 Å². The molecular weight excluding hydrogens is 454 g/mol. The molecule has 0 spiro atoms. The monoisotopic (exact) mass is 481 g/mol. The zero-order chi connectivity index (χ0) is 24.6. The molecule has 0 atom stereocenters. The average molecular weight is 482 g/mol. The smallest absolute Gasteiger partial charge is 0.253 e. The van der Waals surface area contributed by atoms with Crippen molar-refractivity contribution in [3.8, 4) is 5.75 Å². The van der Waals surface area contributed by atoms with Crippen LogP contribution >= 0.6 is 0 Å². The van der Waals surface area contributed by atoms with Gasteiger partial charge in [0.2, 0.25) is 15.9 Å². The molecule has 0 aliphatic rings. The van der Waals surface area contributed by atoms with Crippen LogP contribution in [0.2, 0.25) is 0 Å². The van der Waals surface area contributed by atoms with Crippen LogP contribution in [0.1, 0.15) is 22.8 Å². The van der Waals surface area contributed by atoms with E-state index >= 15 is 0 Å². The highest BCUT2D eigenvalue weighted by Gasteiger charge is 2.24. The summed E-state index contributed by atoms with van der Waals surface area (Å²) in [5, 5.41) is 5.49. The highest BCUT2D eigenvalue weighted by Crippen LogP contribution is 2.30. The summed E-state index contributed by atoms with van der Waals surface area (Å²) in [5.41, 5.74) is 1.75. The molecule has 2 amide bonds. The summed E-state index contributed by atoms with van der Waals surface area (Å²) < 4.78 is 31.5. The molecule has 0 aromatic heterocycles. The van der Waals surface area contributed by atoms with E-state index < -0.39 is 22.5 Å². The summed E-state index contributed by atoms with van der Waals surface area (Å²) in [7, 11) is -3.80. The fourth-order valence-electron chi connectivity index (χ4n) is 3.31. The maximum atomic E-state index is 12.9. The van der Waals surface area contributed by atoms with Crippen molar-refractivity contribution in [2.24, 2.45) is 0 Å². The Morgan fingerprint density at radius 2 is 1.56 bits per heavy atom. The minimum absolute atomic E-state index is 0.260. The Balaban J connectivity index is 1.77. The fourth-order valence-corrected chi connectivity index (χ4v) is 4.17. The van der Waals surface area contributed by atoms with Crippen LogP contribution in [0.4, 0.5) is 11.4 Å². The summed E-state index contributed by atoms with van der Waals surface area (Å²) in [4.78, 5) is 25.6. The van der Waals surface area contributed by atoms with Gasteiger partial charge < -0.3 is 15.4 Å². The Kier molecular flexibility index (Phi) is 8.26. The first-order chi connectivity index (χ1) is 16.3. The van der Waals surface area contributed by atoms with E-state index in [4.69, 9.17) is 4.74 Å². The molecule has 0 aliphatic heterocycles. The molecule has 3 aromatic rings. The van der Waals surface area contributed by atoms with Crippen LogP contribution in [0.15, 0.2) is 78.9 Å². The number of hydrogen-bond donors (Lipinski definition) is 2. The van der Waals surface area contributed by atoms with Gasteiger partial charge in [-0.2, -0.15) is 0 Å². The molecule has 0 fully saturated rings. The molecule has 9 heteroatoms. The predicted octanol–water partition coefficient (Wildman–Crippen LogP) is 3.42. The van der Waals surface area contributed by atoms with Crippen molar-refractivity contribution in [3.63, 3.8) is 0 Å². The van der Waals surface area contributed by atoms with E-state index in [-0.39, 0.29) is 22.8 Å². The van der Waals surface area contributed by atoms with Gasteiger partial charge in [0.25, 0.3) is 5.91 Å². The number of nitrogens with zero attached hydrogens (tertiary/aromatic N) is 1. The molecule has 3 aromatic carbocycles. The van der Waals surface area contributed by atoms with E-state index in [0.717, 1.165) is 16.1 Å². The van der Waals surface area contributed by atoms with Crippen molar-refractivity contribution < 1.29 is 22.7 Å². The first-order valence-corrected chi connectivity index (χ1v) is 12.5. The van der Waals surface area contributed by atoms with Crippen LogP contribution in [-0.2, 0) is 21.4 Å². The Morgan fingerprint density at radius 1 is 0.912 bits per heavy atom. The third-order valence-electron chi connectivity index (χ3n) is 4.86. The largest absolute Gasteiger partial charge is 0.492 e. The molecule has 0 radical (unpaired) electrons. The summed E-state index contributed by atoms with van der Waals surface area (Å²) >= 11 is 0. The lowest BCUT2D eigenvalue weighted by atomic mass is 10.1. The Bertz CT molecular complexity index is 1250. The van der Waals surface area contributed by atoms with Crippen molar-refractivity contribution in [1.82, 2.24) is 5.32 Å². The molecule has 0 aliphatic carbocycles. The number of benzene rings is 3. The summed E-state index contributed by atoms with van der Waals surface area (Å²) in [6.45, 7) is 1.97. The average Bonchev–Trinajstić information content (AvgIpc) is 2.82. The van der Waals surface area contributed by atoms with E-state index in [1.165, 1.54) is 0 Å². The number of para-hydroxylation sites is 3. The number of rotatable bonds is 10. The summed E-state index contributed by atoms with van der Waals surface area (Å²) in [6, 6.07) is 22.6. The number of ether oxygens (including phenoxy) is 1. The maximum Gasteiger partial charge on any atom is 0.253 e. The summed E-state index contributed by atoms with van der Waals surface area (Å²) in [6.07, 6.45) is 1.02. The van der Waals surface area contributed by atoms with Crippen molar-refractivity contribution in [2.45, 2.75) is 13.5 Å². The molecule has 8 nitrogen and oxygen atoms in total. The molecule has 0 saturated heterocycles. The quantitative estimate of drug-likeness (QED) is 0.462. The highest BCUT2D eigenvalue weighted by atomic mass is 32.2. The van der Waals surface area contributed by atoms with Gasteiger partial charge in [0.05, 0.1) is 29.8 Å². The highest BCUT2D eigenvalue weighted by molar-refractivity contribution is 7.92. The van der Waals surface area contributed by atoms with E-state index in [1.807, 2.05) is 30.3 Å². The van der Waals surface area contributed by atoms with Crippen LogP contribution < -0.4 is 19.7 Å². The number of carbonyl (C=O) groups is 2. The third-order valence-corrected chi connectivity index (χ3v) is 5.99. The topological polar surface area (TPSA) is 105 Å². The number of nitrogens with one attached hydrogen (secondary N) is 2. The minimum atomic E-state index is -3.80. The fraction of sp³-hybridized carbons (Fsp3) is 0.200. The van der Waals surface area contributed by atoms with Gasteiger partial charge in [0.15, 0.2) is 0 Å². The zero-order valence-electron chi connectivity index (χ0n) is 19.0. The SMILES string of the molecule is CCOc1ccccc1N(CC(=O)Nc1ccccc1C(=O)NCc1ccccc1)S(C)(=O)=O. The Hall–Kier alpha value is -3.85. The number of hydrogen-bond acceptors (Lipinski definition) is 5. The number of anilines is 2. The maximum absolute atomic E-state index is 12.9. The number of amides is 2. The molecule has 0 bridgehead atoms. The molecule has 0 saturated carbocycles. The van der Waals surface area contributed by atoms with E-state index in [0.29, 0.717) is 18.9 Å². The molecular formula is C25H27N3O5S. The van der Waals surface area contributed by atoms with Gasteiger partial charge in [0, 0.05) is 6.54 Å². The molecule has 3 rings (SSSR count). The third kappa shape index (κ3) is 6.58. The lowest BCUT2D eigenvalue weighted by molar-refractivity contribution is -0.114. The molecule has 34 heavy (non-hydrogen) atoms. The van der Waals surface area contributed by atoms with E-state index in [9.17, 15) is 18.0 Å². The van der Waals surface area contributed by atoms with Gasteiger partial charge in [-0.05, 0) is 36.8 Å². The lowest BCUT2D eigenvalue weighted by Gasteiger charge is -2.24. The Labute approximate surface area is 199 Å². The van der Waals surface area contributed by atoms with Crippen LogP contribution in [-0.4, -0.2) is 39.6 Å². The minimum Gasteiger partial charge on any atom is -0.492 e. The van der Waals surface area contributed by atoms with Gasteiger partial charge >= 0.3 is 0 Å². The first kappa shape index (κ1) is 24.8. The standard InChI is InChI=1S/C25H27N3O5S/c1-3-33-23-16-10-9-15-22(23)28(34(2,31)32)18-24(29)27-21-14-8-7-13-20(21)25(30)26-17-19-11-5-4-6-12-19/h4-16H,3,17-18H2,1-2H3,(H,26,30)(H,27,29). The normalized spacial score (nSPS) is 10.9. The number of carbonyl (C=O) groups excluding carboxylic acids is 2. The molecule has 0 unspecified atom stereocenters. The molecule has 178 valence electrons. The molecule has 0 heterocycles. The number of sulfonamides is 1. The summed E-state index contributed by atoms with van der Waals surface area (Å²) in [5.74, 6) is -0.606. The van der Waals surface area contributed by atoms with Gasteiger partial charge in [0.1, 0.15) is 12.3 Å². The lowest BCUT2D eigenvalue weighted by Crippen LogP contribution is -2.38. The van der Waals surface area contributed by atoms with E-state index in [1.54, 1.807) is 55.5 Å². The van der Waals surface area contributed by atoms with Crippen LogP contribution in [0.5, 0.6) is 5.75 Å². The zero-order valence-corrected chi connectivity index (χ0v) is 19.8. The second-order valence-electron chi connectivity index (χ2n) is 7.43. The second-order valence-corrected chi connectivity index (χ2v) is 9.34. The Morgan fingerprint density at radius 3 is 2.26 bits per heavy atom. The van der Waals surface area contributed by atoms with Gasteiger partial charge in [-0.15, -0.1) is 0 Å². The van der Waals surface area contributed by atoms with Crippen LogP contribution in [0.3, 0.4) is 0 Å². The van der Waals surface area contributed by atoms with Gasteiger partial charge in [-0.1, -0.05) is 54.6 Å². The second kappa shape index (κ2) is 11.3. The van der Waals surface area contributed by atoms with Gasteiger partial charge in [-0.3, -0.25) is 13.9 Å². The van der Waals surface area contributed by atoms with Gasteiger partial charge in [-0.25, -0.2) is 8.42 Å². The van der Waals surface area contributed by atoms with Crippen LogP contribution in [0.25, 0.3) is 0 Å². The van der Waals surface area contributed by atoms with Crippen LogP contribution in [0, 0.1) is 0 Å².